The van der Waals surface area contributed by atoms with Crippen molar-refractivity contribution in [1.29, 1.82) is 0 Å². The molecular weight excluding hydrogens is 791 g/mol. The van der Waals surface area contributed by atoms with Crippen molar-refractivity contribution in [2.75, 3.05) is 31.6 Å². The molecule has 1 aliphatic rings. The number of amides is 4. The molecule has 2 aromatic carbocycles. The van der Waals surface area contributed by atoms with E-state index in [1.165, 1.54) is 39.0 Å². The van der Waals surface area contributed by atoms with Gasteiger partial charge in [-0.2, -0.15) is 4.57 Å². The van der Waals surface area contributed by atoms with Crippen molar-refractivity contribution in [3.8, 4) is 0 Å². The lowest BCUT2D eigenvalue weighted by Gasteiger charge is -2.23. The number of thioether (sulfide) groups is 1. The van der Waals surface area contributed by atoms with Gasteiger partial charge in [0.15, 0.2) is 6.20 Å². The fourth-order valence-electron chi connectivity index (χ4n) is 5.81. The van der Waals surface area contributed by atoms with Crippen molar-refractivity contribution in [2.45, 2.75) is 95.7 Å². The Bertz CT molecular complexity index is 1710. The third kappa shape index (κ3) is 13.6. The highest BCUT2D eigenvalue weighted by molar-refractivity contribution is 8.03. The second-order valence-corrected chi connectivity index (χ2v) is 14.8. The van der Waals surface area contributed by atoms with E-state index in [0.717, 1.165) is 25.8 Å². The van der Waals surface area contributed by atoms with Crippen LogP contribution in [0.4, 0.5) is 10.5 Å². The SMILES string of the molecule is CC(=O)NCCCCC(NC(=O)OC(C)(C)C)C(=O)NCCNC(=O)CCCCC[n+]1ccc(C=C2Sc3ccccc3N2C)c2ccccc21.[I-]. The minimum Gasteiger partial charge on any atom is -1.00 e. The van der Waals surface area contributed by atoms with Gasteiger partial charge in [0.2, 0.25) is 23.2 Å². The van der Waals surface area contributed by atoms with Crippen molar-refractivity contribution in [2.24, 2.45) is 0 Å². The van der Waals surface area contributed by atoms with E-state index < -0.39 is 17.7 Å². The summed E-state index contributed by atoms with van der Waals surface area (Å²) in [6.45, 7) is 8.60. The van der Waals surface area contributed by atoms with E-state index >= 15 is 0 Å². The van der Waals surface area contributed by atoms with Gasteiger partial charge in [-0.05, 0) is 82.7 Å². The molecule has 52 heavy (non-hydrogen) atoms. The Labute approximate surface area is 329 Å². The molecule has 0 fully saturated rings. The molecule has 13 heteroatoms. The van der Waals surface area contributed by atoms with Gasteiger partial charge in [0.25, 0.3) is 0 Å². The first-order valence-corrected chi connectivity index (χ1v) is 18.6. The molecule has 1 unspecified atom stereocenters. The number of anilines is 1. The highest BCUT2D eigenvalue weighted by Crippen LogP contribution is 2.45. The summed E-state index contributed by atoms with van der Waals surface area (Å²) in [5, 5.41) is 13.5. The molecule has 0 saturated carbocycles. The zero-order chi connectivity index (χ0) is 36.8. The summed E-state index contributed by atoms with van der Waals surface area (Å²) < 4.78 is 7.61. The monoisotopic (exact) mass is 844 g/mol. The van der Waals surface area contributed by atoms with Crippen LogP contribution in [0.3, 0.4) is 0 Å². The Morgan fingerprint density at radius 1 is 0.885 bits per heavy atom. The molecule has 2 heterocycles. The molecule has 0 spiro atoms. The second kappa shape index (κ2) is 21.0. The lowest BCUT2D eigenvalue weighted by Crippen LogP contribution is -3.00. The number of hydrogen-bond donors (Lipinski definition) is 4. The normalized spacial score (nSPS) is 13.6. The fraction of sp³-hybridized carbons (Fsp3) is 0.462. The maximum Gasteiger partial charge on any atom is 0.408 e. The molecule has 0 radical (unpaired) electrons. The molecule has 4 rings (SSSR count). The largest absolute Gasteiger partial charge is 1.00 e. The molecule has 4 amide bonds. The zero-order valence-corrected chi connectivity index (χ0v) is 33.9. The van der Waals surface area contributed by atoms with Gasteiger partial charge in [-0.1, -0.05) is 36.0 Å². The number of carbonyl (C=O) groups is 4. The van der Waals surface area contributed by atoms with E-state index in [2.05, 4.69) is 105 Å². The quantitative estimate of drug-likeness (QED) is 0.0935. The van der Waals surface area contributed by atoms with Crippen LogP contribution in [0, 0.1) is 0 Å². The smallest absolute Gasteiger partial charge is 0.408 e. The predicted octanol–water partition coefficient (Wildman–Crippen LogP) is 2.66. The van der Waals surface area contributed by atoms with Crippen LogP contribution in [0.15, 0.2) is 70.7 Å². The van der Waals surface area contributed by atoms with Crippen LogP contribution >= 0.6 is 11.8 Å². The maximum absolute atomic E-state index is 12.9. The summed E-state index contributed by atoms with van der Waals surface area (Å²) in [6, 6.07) is 18.3. The van der Waals surface area contributed by atoms with Gasteiger partial charge in [-0.25, -0.2) is 4.79 Å². The summed E-state index contributed by atoms with van der Waals surface area (Å²) in [7, 11) is 2.11. The van der Waals surface area contributed by atoms with Crippen LogP contribution in [-0.4, -0.2) is 62.1 Å². The van der Waals surface area contributed by atoms with E-state index in [4.69, 9.17) is 4.74 Å². The molecule has 4 N–H and O–H groups in total. The van der Waals surface area contributed by atoms with Crippen LogP contribution in [0.5, 0.6) is 0 Å². The molecule has 282 valence electrons. The zero-order valence-electron chi connectivity index (χ0n) is 30.9. The summed E-state index contributed by atoms with van der Waals surface area (Å²) >= 11 is 1.79. The molecule has 0 saturated heterocycles. The highest BCUT2D eigenvalue weighted by atomic mass is 127. The van der Waals surface area contributed by atoms with E-state index in [1.54, 1.807) is 32.5 Å². The number of rotatable bonds is 17. The lowest BCUT2D eigenvalue weighted by molar-refractivity contribution is -0.671. The number of pyridine rings is 1. The van der Waals surface area contributed by atoms with Crippen LogP contribution in [0.1, 0.15) is 78.2 Å². The summed E-state index contributed by atoms with van der Waals surface area (Å²) in [6.07, 6.45) is 8.47. The van der Waals surface area contributed by atoms with E-state index in [9.17, 15) is 19.2 Å². The number of carbonyl (C=O) groups excluding carboxylic acids is 4. The number of nitrogens with one attached hydrogen (secondary N) is 4. The van der Waals surface area contributed by atoms with Gasteiger partial charge < -0.3 is 54.9 Å². The number of para-hydroxylation sites is 2. The van der Waals surface area contributed by atoms with Crippen molar-refractivity contribution in [1.82, 2.24) is 21.3 Å². The van der Waals surface area contributed by atoms with Crippen LogP contribution in [-0.2, 0) is 25.7 Å². The average Bonchev–Trinajstić information content (AvgIpc) is 3.40. The van der Waals surface area contributed by atoms with Gasteiger partial charge in [0.1, 0.15) is 18.2 Å². The Kier molecular flexibility index (Phi) is 17.2. The second-order valence-electron chi connectivity index (χ2n) is 13.7. The van der Waals surface area contributed by atoms with Gasteiger partial charge in [-0.3, -0.25) is 14.4 Å². The lowest BCUT2D eigenvalue weighted by atomic mass is 10.1. The number of ether oxygens (including phenoxy) is 1. The first-order chi connectivity index (χ1) is 24.4. The number of unbranched alkanes of at least 4 members (excludes halogenated alkanes) is 3. The number of benzene rings is 2. The summed E-state index contributed by atoms with van der Waals surface area (Å²) in [5.74, 6) is -0.516. The number of halogens is 1. The molecule has 3 aromatic rings. The van der Waals surface area contributed by atoms with Crippen LogP contribution in [0.25, 0.3) is 17.0 Å². The Morgan fingerprint density at radius 3 is 2.37 bits per heavy atom. The van der Waals surface area contributed by atoms with Gasteiger partial charge in [-0.15, -0.1) is 0 Å². The molecule has 11 nitrogen and oxygen atoms in total. The van der Waals surface area contributed by atoms with Gasteiger partial charge in [0, 0.05) is 63.5 Å². The molecule has 0 bridgehead atoms. The number of nitrogens with zero attached hydrogens (tertiary/aromatic N) is 2. The molecule has 1 atom stereocenters. The Morgan fingerprint density at radius 2 is 1.62 bits per heavy atom. The van der Waals surface area contributed by atoms with E-state index in [0.29, 0.717) is 32.2 Å². The van der Waals surface area contributed by atoms with Crippen LogP contribution in [0.2, 0.25) is 0 Å². The predicted molar refractivity (Wildman–Crippen MR) is 203 cm³/mol. The number of hydrogen-bond acceptors (Lipinski definition) is 7. The Hall–Kier alpha value is -3.85. The first kappa shape index (κ1) is 42.6. The number of aromatic nitrogens is 1. The third-order valence-electron chi connectivity index (χ3n) is 8.36. The number of alkyl carbamates (subject to hydrolysis) is 1. The topological polar surface area (TPSA) is 133 Å². The summed E-state index contributed by atoms with van der Waals surface area (Å²) in [5.41, 5.74) is 2.90. The minimum atomic E-state index is -0.790. The molecular formula is C39H53IN6O5S. The van der Waals surface area contributed by atoms with Crippen molar-refractivity contribution >= 4 is 58.2 Å². The first-order valence-electron chi connectivity index (χ1n) is 17.8. The van der Waals surface area contributed by atoms with E-state index in [-0.39, 0.29) is 54.8 Å². The van der Waals surface area contributed by atoms with Crippen molar-refractivity contribution in [3.63, 3.8) is 0 Å². The summed E-state index contributed by atoms with van der Waals surface area (Å²) in [4.78, 5) is 52.3. The fourth-order valence-corrected chi connectivity index (χ4v) is 6.91. The van der Waals surface area contributed by atoms with Crippen molar-refractivity contribution in [3.05, 3.63) is 71.4 Å². The van der Waals surface area contributed by atoms with E-state index in [1.807, 2.05) is 0 Å². The Balaban J connectivity index is 0.00000729. The van der Waals surface area contributed by atoms with Crippen LogP contribution < -0.4 is 54.7 Å². The molecule has 1 aromatic heterocycles. The maximum atomic E-state index is 12.9. The number of aryl methyl sites for hydroxylation is 1. The highest BCUT2D eigenvalue weighted by Gasteiger charge is 2.24. The molecule has 0 aliphatic carbocycles. The number of fused-ring (bicyclic) bond motifs is 2. The minimum absolute atomic E-state index is 0. The standard InChI is InChI=1S/C39H52N6O5S.HI/c1-28(46)40-22-13-12-16-31(43-38(49)50-39(2,3)4)37(48)42-24-23-41-35(47)20-7-6-14-25-45-26-21-29(30-15-8-9-17-32(30)45)27-36-44(5)33-18-10-11-19-34(33)51-36;/h8-11,15,17-19,21,26-27,31H,6-7,12-14,16,20,22-25H2,1-5H3,(H3-,40,41,42,43,46,47,48,49);1H. The third-order valence-corrected chi connectivity index (χ3v) is 9.53. The van der Waals surface area contributed by atoms with Gasteiger partial charge >= 0.3 is 6.09 Å². The van der Waals surface area contributed by atoms with Gasteiger partial charge in [0.05, 0.1) is 16.1 Å². The average molecular weight is 845 g/mol. The van der Waals surface area contributed by atoms with Crippen molar-refractivity contribution < 1.29 is 52.5 Å². The molecule has 1 aliphatic heterocycles.